The summed E-state index contributed by atoms with van der Waals surface area (Å²) in [6.07, 6.45) is 1.60. The van der Waals surface area contributed by atoms with Crippen LogP contribution in [0.25, 0.3) is 11.3 Å². The van der Waals surface area contributed by atoms with Gasteiger partial charge in [-0.3, -0.25) is 4.79 Å². The molecule has 0 saturated heterocycles. The van der Waals surface area contributed by atoms with E-state index < -0.39 is 11.2 Å². The van der Waals surface area contributed by atoms with Crippen LogP contribution in [0.5, 0.6) is 0 Å². The molecule has 0 amide bonds. The summed E-state index contributed by atoms with van der Waals surface area (Å²) >= 11 is 5.32. The standard InChI is InChI=1S/C19H22ClNO2S/c1-11-8-13(19(2,3)4)14(20)9-12(11)16-10-17(22)18-15(21-16)6-5-7-24(18)23/h8-10H,5-7H2,1-4H3,(H,21,22). The van der Waals surface area contributed by atoms with E-state index >= 15 is 0 Å². The zero-order chi connectivity index (χ0) is 17.6. The predicted molar refractivity (Wildman–Crippen MR) is 101 cm³/mol. The van der Waals surface area contributed by atoms with Gasteiger partial charge in [-0.25, -0.2) is 0 Å². The van der Waals surface area contributed by atoms with Crippen LogP contribution in [0.2, 0.25) is 5.02 Å². The second-order valence-corrected chi connectivity index (χ2v) is 9.32. The van der Waals surface area contributed by atoms with E-state index in [0.29, 0.717) is 15.7 Å². The second-order valence-electron chi connectivity index (χ2n) is 7.41. The maximum atomic E-state index is 12.4. The van der Waals surface area contributed by atoms with Gasteiger partial charge in [0.05, 0.1) is 11.4 Å². The van der Waals surface area contributed by atoms with Crippen LogP contribution in [0.1, 0.15) is 44.0 Å². The molecule has 128 valence electrons. The Balaban J connectivity index is 2.15. The number of benzene rings is 1. The largest absolute Gasteiger partial charge is 0.611 e. The summed E-state index contributed by atoms with van der Waals surface area (Å²) in [5, 5.41) is 0.699. The van der Waals surface area contributed by atoms with Gasteiger partial charge in [0.1, 0.15) is 5.75 Å². The molecule has 1 aromatic heterocycles. The molecule has 3 rings (SSSR count). The van der Waals surface area contributed by atoms with E-state index in [1.165, 1.54) is 0 Å². The number of aryl methyl sites for hydroxylation is 2. The zero-order valence-electron chi connectivity index (χ0n) is 14.5. The third kappa shape index (κ3) is 3.15. The van der Waals surface area contributed by atoms with Crippen molar-refractivity contribution in [1.29, 1.82) is 0 Å². The van der Waals surface area contributed by atoms with Gasteiger partial charge in [-0.05, 0) is 53.5 Å². The Hall–Kier alpha value is -1.23. The first-order valence-electron chi connectivity index (χ1n) is 8.14. The van der Waals surface area contributed by atoms with Crippen LogP contribution in [0, 0.1) is 6.92 Å². The Labute approximate surface area is 150 Å². The molecule has 0 saturated carbocycles. The highest BCUT2D eigenvalue weighted by molar-refractivity contribution is 7.91. The fourth-order valence-corrected chi connectivity index (χ4v) is 4.97. The number of hydrogen-bond acceptors (Lipinski definition) is 2. The number of hydrogen-bond donors (Lipinski definition) is 1. The van der Waals surface area contributed by atoms with Gasteiger partial charge in [-0.15, -0.1) is 0 Å². The topological polar surface area (TPSA) is 55.9 Å². The summed E-state index contributed by atoms with van der Waals surface area (Å²) in [4.78, 5) is 16.2. The Morgan fingerprint density at radius 1 is 1.25 bits per heavy atom. The quantitative estimate of drug-likeness (QED) is 0.765. The van der Waals surface area contributed by atoms with Gasteiger partial charge in [-0.1, -0.05) is 38.4 Å². The molecule has 1 atom stereocenters. The van der Waals surface area contributed by atoms with E-state index in [1.54, 1.807) is 6.07 Å². The fourth-order valence-electron chi connectivity index (χ4n) is 3.20. The van der Waals surface area contributed by atoms with Crippen molar-refractivity contribution in [3.63, 3.8) is 0 Å². The van der Waals surface area contributed by atoms with Crippen LogP contribution in [-0.2, 0) is 23.0 Å². The third-order valence-corrected chi connectivity index (χ3v) is 6.33. The number of H-pyrrole nitrogens is 1. The van der Waals surface area contributed by atoms with Crippen LogP contribution in [0.3, 0.4) is 0 Å². The third-order valence-electron chi connectivity index (χ3n) is 4.46. The SMILES string of the molecule is Cc1cc(C(C)(C)C)c(Cl)cc1-c1cc(=O)c2c([nH]1)CCC[S+]2[O-]. The molecule has 1 N–H and O–H groups in total. The lowest BCUT2D eigenvalue weighted by Gasteiger charge is -2.23. The second kappa shape index (κ2) is 6.25. The van der Waals surface area contributed by atoms with Crippen LogP contribution in [0.15, 0.2) is 27.9 Å². The van der Waals surface area contributed by atoms with E-state index in [9.17, 15) is 9.35 Å². The average Bonchev–Trinajstić information content (AvgIpc) is 2.47. The number of halogens is 1. The highest BCUT2D eigenvalue weighted by Crippen LogP contribution is 2.35. The minimum atomic E-state index is -1.19. The van der Waals surface area contributed by atoms with E-state index in [-0.39, 0.29) is 10.8 Å². The molecule has 0 radical (unpaired) electrons. The minimum Gasteiger partial charge on any atom is -0.611 e. The smallest absolute Gasteiger partial charge is 0.237 e. The highest BCUT2D eigenvalue weighted by Gasteiger charge is 2.27. The molecule has 1 aliphatic rings. The van der Waals surface area contributed by atoms with Crippen molar-refractivity contribution >= 4 is 22.8 Å². The van der Waals surface area contributed by atoms with Gasteiger partial charge < -0.3 is 9.54 Å². The Morgan fingerprint density at radius 3 is 2.62 bits per heavy atom. The lowest BCUT2D eigenvalue weighted by molar-refractivity contribution is 0.582. The molecule has 1 aromatic carbocycles. The van der Waals surface area contributed by atoms with Crippen molar-refractivity contribution in [3.05, 3.63) is 50.3 Å². The van der Waals surface area contributed by atoms with Gasteiger partial charge in [0.15, 0.2) is 0 Å². The molecule has 0 fully saturated rings. The molecule has 2 aromatic rings. The summed E-state index contributed by atoms with van der Waals surface area (Å²) in [7, 11) is 0. The van der Waals surface area contributed by atoms with Crippen molar-refractivity contribution in [2.45, 2.75) is 50.8 Å². The van der Waals surface area contributed by atoms with Gasteiger partial charge in [-0.2, -0.15) is 0 Å². The maximum absolute atomic E-state index is 12.4. The Bertz CT molecular complexity index is 852. The van der Waals surface area contributed by atoms with Crippen molar-refractivity contribution in [2.75, 3.05) is 5.75 Å². The van der Waals surface area contributed by atoms with E-state index in [4.69, 9.17) is 11.6 Å². The Kier molecular flexibility index (Phi) is 4.58. The van der Waals surface area contributed by atoms with Gasteiger partial charge in [0, 0.05) is 16.7 Å². The zero-order valence-corrected chi connectivity index (χ0v) is 16.0. The highest BCUT2D eigenvalue weighted by atomic mass is 35.5. The Morgan fingerprint density at radius 2 is 1.96 bits per heavy atom. The van der Waals surface area contributed by atoms with Gasteiger partial charge in [0.25, 0.3) is 0 Å². The average molecular weight is 364 g/mol. The van der Waals surface area contributed by atoms with Crippen molar-refractivity contribution in [2.24, 2.45) is 0 Å². The normalized spacial score (nSPS) is 17.7. The van der Waals surface area contributed by atoms with E-state index in [0.717, 1.165) is 40.9 Å². The number of pyridine rings is 1. The first-order valence-corrected chi connectivity index (χ1v) is 9.84. The molecule has 1 aliphatic heterocycles. The number of rotatable bonds is 1. The number of fused-ring (bicyclic) bond motifs is 1. The summed E-state index contributed by atoms with van der Waals surface area (Å²) in [6, 6.07) is 5.57. The summed E-state index contributed by atoms with van der Waals surface area (Å²) in [6.45, 7) is 8.41. The molecule has 0 aliphatic carbocycles. The first kappa shape index (κ1) is 17.6. The number of aromatic amines is 1. The molecule has 0 bridgehead atoms. The minimum absolute atomic E-state index is 0.0411. The number of nitrogens with one attached hydrogen (secondary N) is 1. The molecular weight excluding hydrogens is 342 g/mol. The molecule has 2 heterocycles. The maximum Gasteiger partial charge on any atom is 0.237 e. The van der Waals surface area contributed by atoms with E-state index in [2.05, 4.69) is 31.8 Å². The fraction of sp³-hybridized carbons (Fsp3) is 0.421. The van der Waals surface area contributed by atoms with Crippen molar-refractivity contribution in [1.82, 2.24) is 4.98 Å². The first-order chi connectivity index (χ1) is 11.2. The van der Waals surface area contributed by atoms with Crippen LogP contribution in [-0.4, -0.2) is 15.3 Å². The van der Waals surface area contributed by atoms with Crippen LogP contribution >= 0.6 is 11.6 Å². The lowest BCUT2D eigenvalue weighted by Crippen LogP contribution is -2.25. The number of aromatic nitrogens is 1. The molecule has 0 spiro atoms. The molecular formula is C19H22ClNO2S. The van der Waals surface area contributed by atoms with Crippen LogP contribution < -0.4 is 5.43 Å². The van der Waals surface area contributed by atoms with Crippen molar-refractivity contribution in [3.8, 4) is 11.3 Å². The summed E-state index contributed by atoms with van der Waals surface area (Å²) in [5.41, 5.74) is 4.44. The predicted octanol–water partition coefficient (Wildman–Crippen LogP) is 4.36. The lowest BCUT2D eigenvalue weighted by atomic mass is 9.85. The van der Waals surface area contributed by atoms with E-state index in [1.807, 2.05) is 13.0 Å². The monoisotopic (exact) mass is 363 g/mol. The molecule has 3 nitrogen and oxygen atoms in total. The van der Waals surface area contributed by atoms with Crippen molar-refractivity contribution < 1.29 is 4.55 Å². The van der Waals surface area contributed by atoms with Gasteiger partial charge in [0.2, 0.25) is 10.3 Å². The summed E-state index contributed by atoms with van der Waals surface area (Å²) in [5.74, 6) is 0.570. The molecule has 5 heteroatoms. The summed E-state index contributed by atoms with van der Waals surface area (Å²) < 4.78 is 12.1. The van der Waals surface area contributed by atoms with Gasteiger partial charge >= 0.3 is 0 Å². The van der Waals surface area contributed by atoms with Crippen LogP contribution in [0.4, 0.5) is 0 Å². The molecule has 24 heavy (non-hydrogen) atoms. The molecule has 1 unspecified atom stereocenters.